The Kier molecular flexibility index (Phi) is 4.65. The Morgan fingerprint density at radius 2 is 1.88 bits per heavy atom. The summed E-state index contributed by atoms with van der Waals surface area (Å²) in [5.74, 6) is 0. The Morgan fingerprint density at radius 3 is 2.54 bits per heavy atom. The first-order valence-corrected chi connectivity index (χ1v) is 9.73. The quantitative estimate of drug-likeness (QED) is 0.667. The molecule has 4 nitrogen and oxygen atoms in total. The van der Waals surface area contributed by atoms with Crippen LogP contribution in [0.1, 0.15) is 30.9 Å². The van der Waals surface area contributed by atoms with Crippen molar-refractivity contribution in [3.63, 3.8) is 0 Å². The molecule has 126 valence electrons. The molecule has 0 unspecified atom stereocenters. The van der Waals surface area contributed by atoms with E-state index in [-0.39, 0.29) is 4.90 Å². The zero-order valence-electron chi connectivity index (χ0n) is 13.7. The van der Waals surface area contributed by atoms with Crippen LogP contribution in [0.2, 0.25) is 5.02 Å². The molecule has 3 rings (SSSR count). The predicted octanol–water partition coefficient (Wildman–Crippen LogP) is 4.58. The smallest absolute Gasteiger partial charge is 0.237 e. The molecular formula is C18H19ClN2O2S. The molecule has 2 heterocycles. The molecule has 0 aliphatic rings. The van der Waals surface area contributed by atoms with E-state index in [0.717, 1.165) is 30.4 Å². The summed E-state index contributed by atoms with van der Waals surface area (Å²) in [7, 11) is -3.69. The van der Waals surface area contributed by atoms with Gasteiger partial charge in [-0.05, 0) is 43.5 Å². The molecule has 3 aromatic rings. The summed E-state index contributed by atoms with van der Waals surface area (Å²) in [6.07, 6.45) is 6.13. The lowest BCUT2D eigenvalue weighted by Crippen LogP contribution is -2.12. The van der Waals surface area contributed by atoms with E-state index in [0.29, 0.717) is 16.1 Å². The van der Waals surface area contributed by atoms with Crippen molar-refractivity contribution < 1.29 is 8.42 Å². The summed E-state index contributed by atoms with van der Waals surface area (Å²) >= 11 is 6.46. The largest absolute Gasteiger partial charge is 0.269 e. The van der Waals surface area contributed by atoms with Crippen LogP contribution in [0.5, 0.6) is 0 Å². The van der Waals surface area contributed by atoms with Crippen molar-refractivity contribution in [3.05, 3.63) is 58.9 Å². The van der Waals surface area contributed by atoms with E-state index < -0.39 is 10.0 Å². The van der Waals surface area contributed by atoms with Gasteiger partial charge < -0.3 is 0 Å². The van der Waals surface area contributed by atoms with Gasteiger partial charge in [0.2, 0.25) is 0 Å². The first-order chi connectivity index (χ1) is 11.4. The zero-order chi connectivity index (χ0) is 17.3. The van der Waals surface area contributed by atoms with E-state index in [9.17, 15) is 8.42 Å². The average Bonchev–Trinajstić information content (AvgIpc) is 3.00. The van der Waals surface area contributed by atoms with Gasteiger partial charge in [0.15, 0.2) is 5.65 Å². The average molecular weight is 363 g/mol. The van der Waals surface area contributed by atoms with Gasteiger partial charge in [-0.15, -0.1) is 0 Å². The Balaban J connectivity index is 2.10. The lowest BCUT2D eigenvalue weighted by Gasteiger charge is -2.09. The Hall–Kier alpha value is -1.85. The van der Waals surface area contributed by atoms with E-state index in [1.807, 2.05) is 6.92 Å². The van der Waals surface area contributed by atoms with Gasteiger partial charge in [0.1, 0.15) is 0 Å². The van der Waals surface area contributed by atoms with Crippen LogP contribution >= 0.6 is 11.6 Å². The van der Waals surface area contributed by atoms with Gasteiger partial charge in [0, 0.05) is 17.8 Å². The highest BCUT2D eigenvalue weighted by atomic mass is 35.5. The topological polar surface area (TPSA) is 52.0 Å². The summed E-state index contributed by atoms with van der Waals surface area (Å²) in [6, 6.07) is 8.48. The van der Waals surface area contributed by atoms with Crippen LogP contribution in [0.15, 0.2) is 47.6 Å². The van der Waals surface area contributed by atoms with Gasteiger partial charge >= 0.3 is 0 Å². The fourth-order valence-corrected chi connectivity index (χ4v) is 4.22. The third-order valence-electron chi connectivity index (χ3n) is 4.06. The second-order valence-corrected chi connectivity index (χ2v) is 8.06. The molecule has 0 atom stereocenters. The number of rotatable bonds is 5. The van der Waals surface area contributed by atoms with E-state index >= 15 is 0 Å². The van der Waals surface area contributed by atoms with Gasteiger partial charge in [-0.2, -0.15) is 0 Å². The lowest BCUT2D eigenvalue weighted by atomic mass is 10.1. The first kappa shape index (κ1) is 17.0. The number of aryl methyl sites for hydroxylation is 2. The molecule has 0 spiro atoms. The number of pyridine rings is 1. The second-order valence-electron chi connectivity index (χ2n) is 5.87. The molecule has 0 saturated heterocycles. The van der Waals surface area contributed by atoms with Crippen molar-refractivity contribution >= 4 is 32.7 Å². The number of hydrogen-bond acceptors (Lipinski definition) is 3. The van der Waals surface area contributed by atoms with Crippen LogP contribution in [0, 0.1) is 6.92 Å². The van der Waals surface area contributed by atoms with Crippen molar-refractivity contribution in [2.45, 2.75) is 38.0 Å². The number of fused-ring (bicyclic) bond motifs is 1. The van der Waals surface area contributed by atoms with Crippen LogP contribution < -0.4 is 0 Å². The molecule has 0 amide bonds. The molecule has 0 aliphatic carbocycles. The molecule has 6 heteroatoms. The van der Waals surface area contributed by atoms with Crippen molar-refractivity contribution in [1.29, 1.82) is 0 Å². The van der Waals surface area contributed by atoms with Gasteiger partial charge in [0.05, 0.1) is 9.92 Å². The normalized spacial score (nSPS) is 12.0. The van der Waals surface area contributed by atoms with Crippen LogP contribution in [0.25, 0.3) is 11.0 Å². The van der Waals surface area contributed by atoms with E-state index in [1.165, 1.54) is 10.2 Å². The minimum atomic E-state index is -3.69. The van der Waals surface area contributed by atoms with Crippen LogP contribution in [-0.4, -0.2) is 17.4 Å². The fraction of sp³-hybridized carbons (Fsp3) is 0.278. The van der Waals surface area contributed by atoms with Crippen molar-refractivity contribution in [2.24, 2.45) is 0 Å². The third-order valence-corrected chi connectivity index (χ3v) is 6.19. The first-order valence-electron chi connectivity index (χ1n) is 7.92. The zero-order valence-corrected chi connectivity index (χ0v) is 15.2. The number of halogens is 1. The van der Waals surface area contributed by atoms with Crippen molar-refractivity contribution in [1.82, 2.24) is 8.96 Å². The molecule has 0 N–H and O–H groups in total. The van der Waals surface area contributed by atoms with Gasteiger partial charge in [-0.1, -0.05) is 42.6 Å². The molecule has 0 bridgehead atoms. The minimum Gasteiger partial charge on any atom is -0.237 e. The van der Waals surface area contributed by atoms with Gasteiger partial charge in [0.25, 0.3) is 10.0 Å². The Labute approximate surface area is 147 Å². The molecule has 0 aliphatic heterocycles. The highest BCUT2D eigenvalue weighted by molar-refractivity contribution is 7.90. The number of unbranched alkanes of at least 4 members (excludes halogenated alkanes) is 1. The summed E-state index contributed by atoms with van der Waals surface area (Å²) in [4.78, 5) is 4.60. The molecule has 0 saturated carbocycles. The maximum absolute atomic E-state index is 12.9. The number of nitrogens with zero attached hydrogens (tertiary/aromatic N) is 2. The summed E-state index contributed by atoms with van der Waals surface area (Å²) in [5.41, 5.74) is 2.32. The number of benzene rings is 1. The van der Waals surface area contributed by atoms with Crippen molar-refractivity contribution in [2.75, 3.05) is 0 Å². The van der Waals surface area contributed by atoms with E-state index in [4.69, 9.17) is 11.6 Å². The second kappa shape index (κ2) is 6.57. The fourth-order valence-electron chi connectivity index (χ4n) is 2.63. The monoisotopic (exact) mass is 362 g/mol. The molecule has 0 radical (unpaired) electrons. The maximum Gasteiger partial charge on any atom is 0.269 e. The minimum absolute atomic E-state index is 0.235. The Morgan fingerprint density at radius 1 is 1.17 bits per heavy atom. The number of hydrogen-bond donors (Lipinski definition) is 0. The maximum atomic E-state index is 12.9. The van der Waals surface area contributed by atoms with Crippen LogP contribution in [-0.2, 0) is 16.4 Å². The summed E-state index contributed by atoms with van der Waals surface area (Å²) in [5, 5.41) is 1.26. The van der Waals surface area contributed by atoms with Gasteiger partial charge in [-0.25, -0.2) is 17.4 Å². The summed E-state index contributed by atoms with van der Waals surface area (Å²) in [6.45, 7) is 4.03. The lowest BCUT2D eigenvalue weighted by molar-refractivity contribution is 0.588. The third kappa shape index (κ3) is 2.94. The summed E-state index contributed by atoms with van der Waals surface area (Å²) < 4.78 is 26.9. The predicted molar refractivity (Wildman–Crippen MR) is 97.1 cm³/mol. The molecule has 1 aromatic carbocycles. The highest BCUT2D eigenvalue weighted by Gasteiger charge is 2.21. The van der Waals surface area contributed by atoms with Gasteiger partial charge in [-0.3, -0.25) is 0 Å². The standard InChI is InChI=1S/C18H19ClN2O2S/c1-3-4-5-14-12-20-18-16(17(14)19)10-11-21(18)24(22,23)15-8-6-13(2)7-9-15/h6-12H,3-5H2,1-2H3. The highest BCUT2D eigenvalue weighted by Crippen LogP contribution is 2.29. The molecule has 0 fully saturated rings. The van der Waals surface area contributed by atoms with E-state index in [2.05, 4.69) is 11.9 Å². The molecular weight excluding hydrogens is 344 g/mol. The molecule has 24 heavy (non-hydrogen) atoms. The van der Waals surface area contributed by atoms with Crippen molar-refractivity contribution in [3.8, 4) is 0 Å². The molecule has 2 aromatic heterocycles. The van der Waals surface area contributed by atoms with Crippen LogP contribution in [0.4, 0.5) is 0 Å². The van der Waals surface area contributed by atoms with Crippen LogP contribution in [0.3, 0.4) is 0 Å². The Bertz CT molecular complexity index is 976. The van der Waals surface area contributed by atoms with E-state index in [1.54, 1.807) is 36.5 Å². The SMILES string of the molecule is CCCCc1cnc2c(ccn2S(=O)(=O)c2ccc(C)cc2)c1Cl. The number of aromatic nitrogens is 2.